The molecule has 0 saturated heterocycles. The van der Waals surface area contributed by atoms with Gasteiger partial charge in [-0.1, -0.05) is 109 Å². The number of hydrogen-bond donors (Lipinski definition) is 2. The molecule has 0 fully saturated rings. The molecule has 0 heterocycles. The fraction of sp³-hybridized carbons (Fsp3) is 0.0385. The number of hydrogen-bond acceptors (Lipinski definition) is 2. The summed E-state index contributed by atoms with van der Waals surface area (Å²) in [4.78, 5) is 0. The Morgan fingerprint density at radius 3 is 1.67 bits per heavy atom. The maximum atomic E-state index is 4.76. The van der Waals surface area contributed by atoms with Gasteiger partial charge < -0.3 is 5.09 Å². The Balaban J connectivity index is 1.72. The molecule has 4 rings (SSSR count). The predicted molar refractivity (Wildman–Crippen MR) is 130 cm³/mol. The van der Waals surface area contributed by atoms with Crippen molar-refractivity contribution in [3.63, 3.8) is 0 Å². The van der Waals surface area contributed by atoms with Crippen molar-refractivity contribution in [1.29, 1.82) is 0 Å². The van der Waals surface area contributed by atoms with Crippen LogP contribution in [0, 0.1) is 6.92 Å². The Kier molecular flexibility index (Phi) is 6.54. The van der Waals surface area contributed by atoms with Gasteiger partial charge in [-0.15, -0.1) is 0 Å². The third-order valence-electron chi connectivity index (χ3n) is 4.64. The summed E-state index contributed by atoms with van der Waals surface area (Å²) in [6, 6.07) is 39.6. The van der Waals surface area contributed by atoms with Crippen LogP contribution in [-0.4, -0.2) is 5.84 Å². The molecule has 0 aromatic heterocycles. The highest BCUT2D eigenvalue weighted by atomic mass is 31.1. The number of benzene rings is 4. The van der Waals surface area contributed by atoms with Crippen LogP contribution >= 0.6 is 8.07 Å². The number of amidine groups is 1. The van der Waals surface area contributed by atoms with Gasteiger partial charge in [0.2, 0.25) is 0 Å². The van der Waals surface area contributed by atoms with Crippen LogP contribution < -0.4 is 21.1 Å². The monoisotopic (exact) mass is 409 g/mol. The number of hydrazone groups is 1. The van der Waals surface area contributed by atoms with Gasteiger partial charge in [-0.05, 0) is 19.1 Å². The fourth-order valence-electron chi connectivity index (χ4n) is 3.04. The van der Waals surface area contributed by atoms with Crippen molar-refractivity contribution in [2.45, 2.75) is 6.92 Å². The first-order valence-corrected chi connectivity index (χ1v) is 11.3. The smallest absolute Gasteiger partial charge is 0.157 e. The third kappa shape index (κ3) is 5.14. The molecule has 30 heavy (non-hydrogen) atoms. The second-order valence-electron chi connectivity index (χ2n) is 6.92. The van der Waals surface area contributed by atoms with E-state index < -0.39 is 8.07 Å². The van der Waals surface area contributed by atoms with E-state index in [1.54, 1.807) is 0 Å². The summed E-state index contributed by atoms with van der Waals surface area (Å²) in [6.07, 6.45) is 0. The van der Waals surface area contributed by atoms with E-state index in [0.29, 0.717) is 0 Å². The van der Waals surface area contributed by atoms with Crippen molar-refractivity contribution >= 4 is 30.2 Å². The number of aryl methyl sites for hydroxylation is 1. The van der Waals surface area contributed by atoms with Crippen molar-refractivity contribution < 1.29 is 0 Å². The Morgan fingerprint density at radius 2 is 1.13 bits per heavy atom. The van der Waals surface area contributed by atoms with Crippen molar-refractivity contribution in [1.82, 2.24) is 5.09 Å². The van der Waals surface area contributed by atoms with Gasteiger partial charge >= 0.3 is 0 Å². The number of anilines is 1. The van der Waals surface area contributed by atoms with Crippen LogP contribution in [0.25, 0.3) is 0 Å². The van der Waals surface area contributed by atoms with Crippen LogP contribution in [-0.2, 0) is 0 Å². The van der Waals surface area contributed by atoms with Crippen molar-refractivity contribution in [2.75, 3.05) is 5.43 Å². The first-order valence-electron chi connectivity index (χ1n) is 9.92. The van der Waals surface area contributed by atoms with Gasteiger partial charge in [-0.25, -0.2) is 0 Å². The topological polar surface area (TPSA) is 36.4 Å². The molecule has 4 heteroatoms. The minimum absolute atomic E-state index is 0.817. The van der Waals surface area contributed by atoms with E-state index in [-0.39, 0.29) is 0 Å². The van der Waals surface area contributed by atoms with Gasteiger partial charge in [-0.2, -0.15) is 5.10 Å². The molecule has 0 bridgehead atoms. The lowest BCUT2D eigenvalue weighted by Crippen LogP contribution is -2.29. The van der Waals surface area contributed by atoms with Gasteiger partial charge in [0, 0.05) is 16.2 Å². The average molecular weight is 409 g/mol. The SMILES string of the molecule is Cc1ccc(C(=NNc2ccccc2)NP(c2ccccc2)c2ccccc2)cc1. The molecule has 0 saturated carbocycles. The van der Waals surface area contributed by atoms with Crippen molar-refractivity contribution in [3.05, 3.63) is 126 Å². The first-order chi connectivity index (χ1) is 14.8. The zero-order chi connectivity index (χ0) is 20.6. The van der Waals surface area contributed by atoms with E-state index in [0.717, 1.165) is 17.1 Å². The van der Waals surface area contributed by atoms with Crippen molar-refractivity contribution in [3.8, 4) is 0 Å². The fourth-order valence-corrected chi connectivity index (χ4v) is 4.92. The standard InChI is InChI=1S/C26H24N3P/c1-21-17-19-22(20-18-21)26(28-27-23-11-5-2-6-12-23)29-30(24-13-7-3-8-14-24)25-15-9-4-10-16-25/h2-20,27H,1H3,(H,28,29). The summed E-state index contributed by atoms with van der Waals surface area (Å²) in [5.74, 6) is 0.817. The summed E-state index contributed by atoms with van der Waals surface area (Å²) in [6.45, 7) is 2.09. The normalized spacial score (nSPS) is 11.3. The zero-order valence-electron chi connectivity index (χ0n) is 16.9. The van der Waals surface area contributed by atoms with Crippen LogP contribution in [0.3, 0.4) is 0 Å². The molecular weight excluding hydrogens is 385 g/mol. The molecule has 0 radical (unpaired) electrons. The van der Waals surface area contributed by atoms with Crippen LogP contribution in [0.4, 0.5) is 5.69 Å². The lowest BCUT2D eigenvalue weighted by Gasteiger charge is -2.22. The molecule has 0 aliphatic carbocycles. The van der Waals surface area contributed by atoms with E-state index in [1.807, 2.05) is 42.5 Å². The predicted octanol–water partition coefficient (Wildman–Crippen LogP) is 5.41. The highest BCUT2D eigenvalue weighted by Gasteiger charge is 2.17. The largest absolute Gasteiger partial charge is 0.340 e. The van der Waals surface area contributed by atoms with Gasteiger partial charge in [0.1, 0.15) is 0 Å². The van der Waals surface area contributed by atoms with Crippen LogP contribution in [0.15, 0.2) is 120 Å². The molecule has 2 N–H and O–H groups in total. The third-order valence-corrected chi connectivity index (χ3v) is 6.71. The van der Waals surface area contributed by atoms with Gasteiger partial charge in [0.25, 0.3) is 0 Å². The molecule has 4 aromatic rings. The minimum atomic E-state index is -0.823. The van der Waals surface area contributed by atoms with E-state index in [4.69, 9.17) is 5.10 Å². The second kappa shape index (κ2) is 9.87. The quantitative estimate of drug-likeness (QED) is 0.193. The lowest BCUT2D eigenvalue weighted by atomic mass is 10.1. The number of rotatable bonds is 6. The molecular formula is C26H24N3P. The summed E-state index contributed by atoms with van der Waals surface area (Å²) < 4.78 is 0. The molecule has 0 aliphatic heterocycles. The molecule has 0 atom stereocenters. The second-order valence-corrected chi connectivity index (χ2v) is 8.85. The Labute approximate surface area is 179 Å². The molecule has 148 valence electrons. The average Bonchev–Trinajstić information content (AvgIpc) is 2.82. The summed E-state index contributed by atoms with van der Waals surface area (Å²) in [5.41, 5.74) is 6.42. The van der Waals surface area contributed by atoms with E-state index in [1.165, 1.54) is 16.2 Å². The highest BCUT2D eigenvalue weighted by molar-refractivity contribution is 7.71. The Morgan fingerprint density at radius 1 is 0.633 bits per heavy atom. The molecule has 0 aliphatic rings. The van der Waals surface area contributed by atoms with Crippen molar-refractivity contribution in [2.24, 2.45) is 5.10 Å². The van der Waals surface area contributed by atoms with E-state index >= 15 is 0 Å². The minimum Gasteiger partial charge on any atom is -0.340 e. The number of para-hydroxylation sites is 1. The highest BCUT2D eigenvalue weighted by Crippen LogP contribution is 2.29. The summed E-state index contributed by atoms with van der Waals surface area (Å²) in [5, 5.41) is 11.0. The molecule has 0 amide bonds. The van der Waals surface area contributed by atoms with Gasteiger partial charge in [0.05, 0.1) is 13.8 Å². The first kappa shape index (κ1) is 19.9. The number of nitrogens with zero attached hydrogens (tertiary/aromatic N) is 1. The summed E-state index contributed by atoms with van der Waals surface area (Å²) >= 11 is 0. The van der Waals surface area contributed by atoms with Crippen LogP contribution in [0.5, 0.6) is 0 Å². The van der Waals surface area contributed by atoms with Gasteiger partial charge in [0.15, 0.2) is 5.84 Å². The molecule has 0 spiro atoms. The molecule has 4 aromatic carbocycles. The van der Waals surface area contributed by atoms with Crippen LogP contribution in [0.2, 0.25) is 0 Å². The molecule has 0 unspecified atom stereocenters. The zero-order valence-corrected chi connectivity index (χ0v) is 17.8. The molecule has 3 nitrogen and oxygen atoms in total. The Bertz CT molecular complexity index is 1040. The lowest BCUT2D eigenvalue weighted by molar-refractivity contribution is 1.28. The van der Waals surface area contributed by atoms with Gasteiger partial charge in [-0.3, -0.25) is 5.43 Å². The maximum absolute atomic E-state index is 4.76. The summed E-state index contributed by atoms with van der Waals surface area (Å²) in [7, 11) is -0.823. The van der Waals surface area contributed by atoms with Crippen LogP contribution in [0.1, 0.15) is 11.1 Å². The maximum Gasteiger partial charge on any atom is 0.157 e. The number of nitrogens with one attached hydrogen (secondary N) is 2. The van der Waals surface area contributed by atoms with E-state index in [2.05, 4.69) is 90.2 Å². The Hall–Kier alpha value is -3.42. The van der Waals surface area contributed by atoms with E-state index in [9.17, 15) is 0 Å².